The number of carbonyl (C=O) groups is 1. The summed E-state index contributed by atoms with van der Waals surface area (Å²) in [5, 5.41) is 0.858. The van der Waals surface area contributed by atoms with Gasteiger partial charge in [0.25, 0.3) is 5.56 Å². The fourth-order valence-corrected chi connectivity index (χ4v) is 2.69. The summed E-state index contributed by atoms with van der Waals surface area (Å²) in [6, 6.07) is 5.07. The van der Waals surface area contributed by atoms with Gasteiger partial charge in [-0.2, -0.15) is 0 Å². The lowest BCUT2D eigenvalue weighted by Crippen LogP contribution is -2.35. The summed E-state index contributed by atoms with van der Waals surface area (Å²) in [6.07, 6.45) is 1.46. The summed E-state index contributed by atoms with van der Waals surface area (Å²) in [5.41, 5.74) is 0.409. The molecule has 1 amide bonds. The van der Waals surface area contributed by atoms with Gasteiger partial charge < -0.3 is 14.6 Å². The molecule has 0 spiro atoms. The van der Waals surface area contributed by atoms with Crippen molar-refractivity contribution >= 4 is 34.2 Å². The van der Waals surface area contributed by atoms with E-state index in [9.17, 15) is 9.59 Å². The lowest BCUT2D eigenvalue weighted by atomic mass is 10.2. The quantitative estimate of drug-likeness (QED) is 0.859. The zero-order valence-corrected chi connectivity index (χ0v) is 14.5. The number of fused-ring (bicyclic) bond motifs is 1. The monoisotopic (exact) mass is 347 g/mol. The maximum atomic E-state index is 12.2. The average Bonchev–Trinajstić information content (AvgIpc) is 2.96. The molecular formula is C17H18ClN3O3. The standard InChI is InChI=1S/C17H18ClN3O3/c1-17(2,3)24-16(23)21-8-7-10(9-21)14-19-13-11(15(22)20-14)5-4-6-12(13)18/h4-7H,8-9H2,1-3H3,(H,19,20,22). The average molecular weight is 348 g/mol. The predicted octanol–water partition coefficient (Wildman–Crippen LogP) is 3.21. The predicted molar refractivity (Wildman–Crippen MR) is 93.2 cm³/mol. The Bertz CT molecular complexity index is 896. The van der Waals surface area contributed by atoms with Gasteiger partial charge in [-0.25, -0.2) is 9.78 Å². The van der Waals surface area contributed by atoms with Crippen LogP contribution in [0.5, 0.6) is 0 Å². The van der Waals surface area contributed by atoms with Crippen molar-refractivity contribution < 1.29 is 9.53 Å². The number of carbonyl (C=O) groups excluding carboxylic acids is 1. The van der Waals surface area contributed by atoms with Crippen LogP contribution in [0.4, 0.5) is 4.79 Å². The number of ether oxygens (including phenoxy) is 1. The van der Waals surface area contributed by atoms with Crippen LogP contribution in [-0.2, 0) is 4.74 Å². The minimum absolute atomic E-state index is 0.255. The molecule has 2 aromatic rings. The van der Waals surface area contributed by atoms with E-state index < -0.39 is 11.7 Å². The Balaban J connectivity index is 1.86. The van der Waals surface area contributed by atoms with Gasteiger partial charge in [-0.1, -0.05) is 23.7 Å². The van der Waals surface area contributed by atoms with Crippen molar-refractivity contribution in [3.05, 3.63) is 45.5 Å². The normalized spacial score (nSPS) is 14.8. The fraction of sp³-hybridized carbons (Fsp3) is 0.353. The first kappa shape index (κ1) is 16.5. The van der Waals surface area contributed by atoms with Gasteiger partial charge >= 0.3 is 6.09 Å². The zero-order valence-electron chi connectivity index (χ0n) is 13.7. The molecule has 0 bridgehead atoms. The Morgan fingerprint density at radius 2 is 2.12 bits per heavy atom. The number of para-hydroxylation sites is 1. The number of hydrogen-bond donors (Lipinski definition) is 1. The number of aromatic amines is 1. The molecule has 3 rings (SSSR count). The van der Waals surface area contributed by atoms with E-state index in [1.807, 2.05) is 26.8 Å². The summed E-state index contributed by atoms with van der Waals surface area (Å²) in [5.74, 6) is 0.423. The molecule has 1 aliphatic heterocycles. The summed E-state index contributed by atoms with van der Waals surface area (Å²) < 4.78 is 5.36. The molecule has 0 unspecified atom stereocenters. The van der Waals surface area contributed by atoms with Crippen LogP contribution in [0.3, 0.4) is 0 Å². The number of hydrogen-bond acceptors (Lipinski definition) is 4. The first-order chi connectivity index (χ1) is 11.2. The number of benzene rings is 1. The molecule has 24 heavy (non-hydrogen) atoms. The number of halogens is 1. The van der Waals surface area contributed by atoms with Gasteiger partial charge in [0.05, 0.1) is 22.5 Å². The van der Waals surface area contributed by atoms with Gasteiger partial charge in [0.2, 0.25) is 0 Å². The number of rotatable bonds is 1. The van der Waals surface area contributed by atoms with Crippen molar-refractivity contribution in [1.29, 1.82) is 0 Å². The molecule has 0 fully saturated rings. The van der Waals surface area contributed by atoms with Crippen LogP contribution in [0, 0.1) is 0 Å². The van der Waals surface area contributed by atoms with Crippen molar-refractivity contribution in [3.63, 3.8) is 0 Å². The number of nitrogens with one attached hydrogen (secondary N) is 1. The van der Waals surface area contributed by atoms with Crippen molar-refractivity contribution in [3.8, 4) is 0 Å². The van der Waals surface area contributed by atoms with E-state index in [-0.39, 0.29) is 5.56 Å². The molecule has 1 aromatic heterocycles. The third-order valence-electron chi connectivity index (χ3n) is 3.56. The lowest BCUT2D eigenvalue weighted by molar-refractivity contribution is 0.0306. The third kappa shape index (κ3) is 3.28. The second kappa shape index (κ2) is 5.94. The van der Waals surface area contributed by atoms with Gasteiger partial charge in [-0.05, 0) is 32.9 Å². The van der Waals surface area contributed by atoms with Gasteiger partial charge in [0, 0.05) is 12.1 Å². The van der Waals surface area contributed by atoms with Gasteiger partial charge in [-0.3, -0.25) is 4.79 Å². The number of nitrogens with zero attached hydrogens (tertiary/aromatic N) is 2. The van der Waals surface area contributed by atoms with E-state index >= 15 is 0 Å². The van der Waals surface area contributed by atoms with Crippen LogP contribution in [0.2, 0.25) is 5.02 Å². The maximum absolute atomic E-state index is 12.2. The maximum Gasteiger partial charge on any atom is 0.410 e. The van der Waals surface area contributed by atoms with E-state index in [1.54, 1.807) is 23.1 Å². The van der Waals surface area contributed by atoms with E-state index in [1.165, 1.54) is 0 Å². The third-order valence-corrected chi connectivity index (χ3v) is 3.87. The summed E-state index contributed by atoms with van der Waals surface area (Å²) in [6.45, 7) is 6.20. The van der Waals surface area contributed by atoms with Crippen LogP contribution in [-0.4, -0.2) is 39.7 Å². The van der Waals surface area contributed by atoms with Crippen molar-refractivity contribution in [1.82, 2.24) is 14.9 Å². The molecular weight excluding hydrogens is 330 g/mol. The van der Waals surface area contributed by atoms with Crippen molar-refractivity contribution in [2.75, 3.05) is 13.1 Å². The van der Waals surface area contributed by atoms with E-state index in [0.29, 0.717) is 34.8 Å². The highest BCUT2D eigenvalue weighted by Crippen LogP contribution is 2.23. The van der Waals surface area contributed by atoms with Crippen LogP contribution >= 0.6 is 11.6 Å². The molecule has 1 aliphatic rings. The SMILES string of the molecule is CC(C)(C)OC(=O)N1CC=C(c2nc3c(Cl)cccc3c(=O)[nH]2)C1. The fourth-order valence-electron chi connectivity index (χ4n) is 2.47. The van der Waals surface area contributed by atoms with Crippen molar-refractivity contribution in [2.24, 2.45) is 0 Å². The molecule has 126 valence electrons. The number of aromatic nitrogens is 2. The smallest absolute Gasteiger partial charge is 0.410 e. The highest BCUT2D eigenvalue weighted by Gasteiger charge is 2.26. The Morgan fingerprint density at radius 1 is 1.38 bits per heavy atom. The first-order valence-corrected chi connectivity index (χ1v) is 7.98. The van der Waals surface area contributed by atoms with E-state index in [0.717, 1.165) is 5.57 Å². The Hall–Kier alpha value is -2.34. The largest absolute Gasteiger partial charge is 0.444 e. The molecule has 1 N–H and O–H groups in total. The molecule has 1 aromatic carbocycles. The summed E-state index contributed by atoms with van der Waals surface area (Å²) in [7, 11) is 0. The van der Waals surface area contributed by atoms with Gasteiger partial charge in [-0.15, -0.1) is 0 Å². The van der Waals surface area contributed by atoms with Crippen LogP contribution in [0.15, 0.2) is 29.1 Å². The Labute approximate surface area is 144 Å². The summed E-state index contributed by atoms with van der Waals surface area (Å²) in [4.78, 5) is 33.1. The Morgan fingerprint density at radius 3 is 2.83 bits per heavy atom. The van der Waals surface area contributed by atoms with E-state index in [2.05, 4.69) is 9.97 Å². The number of H-pyrrole nitrogens is 1. The molecule has 0 atom stereocenters. The number of amides is 1. The molecule has 6 nitrogen and oxygen atoms in total. The minimum atomic E-state index is -0.553. The van der Waals surface area contributed by atoms with Gasteiger partial charge in [0.1, 0.15) is 11.4 Å². The van der Waals surface area contributed by atoms with Crippen LogP contribution < -0.4 is 5.56 Å². The Kier molecular flexibility index (Phi) is 4.09. The van der Waals surface area contributed by atoms with Crippen LogP contribution in [0.25, 0.3) is 16.5 Å². The molecule has 2 heterocycles. The minimum Gasteiger partial charge on any atom is -0.444 e. The second-order valence-electron chi connectivity index (χ2n) is 6.64. The van der Waals surface area contributed by atoms with Gasteiger partial charge in [0.15, 0.2) is 0 Å². The molecule has 0 saturated heterocycles. The molecule has 7 heteroatoms. The topological polar surface area (TPSA) is 75.3 Å². The highest BCUT2D eigenvalue weighted by atomic mass is 35.5. The van der Waals surface area contributed by atoms with Crippen LogP contribution in [0.1, 0.15) is 26.6 Å². The molecule has 0 aliphatic carbocycles. The molecule has 0 radical (unpaired) electrons. The summed E-state index contributed by atoms with van der Waals surface area (Å²) >= 11 is 6.14. The lowest BCUT2D eigenvalue weighted by Gasteiger charge is -2.24. The second-order valence-corrected chi connectivity index (χ2v) is 7.05. The van der Waals surface area contributed by atoms with Crippen molar-refractivity contribution in [2.45, 2.75) is 26.4 Å². The first-order valence-electron chi connectivity index (χ1n) is 7.60. The highest BCUT2D eigenvalue weighted by molar-refractivity contribution is 6.35. The molecule has 0 saturated carbocycles. The van der Waals surface area contributed by atoms with E-state index in [4.69, 9.17) is 16.3 Å². The zero-order chi connectivity index (χ0) is 17.5.